The van der Waals surface area contributed by atoms with Gasteiger partial charge < -0.3 is 26.4 Å². The maximum Gasteiger partial charge on any atom is 0.256 e. The summed E-state index contributed by atoms with van der Waals surface area (Å²) in [5, 5.41) is 22.9. The number of aromatic nitrogens is 3. The zero-order chi connectivity index (χ0) is 25.8. The van der Waals surface area contributed by atoms with Crippen molar-refractivity contribution < 1.29 is 14.3 Å². The van der Waals surface area contributed by atoms with Gasteiger partial charge in [0.1, 0.15) is 17.0 Å². The van der Waals surface area contributed by atoms with Crippen molar-refractivity contribution in [3.05, 3.63) is 64.7 Å². The summed E-state index contributed by atoms with van der Waals surface area (Å²) in [6, 6.07) is 9.03. The second-order valence-corrected chi connectivity index (χ2v) is 10.9. The lowest BCUT2D eigenvalue weighted by atomic mass is 9.79. The normalized spacial score (nSPS) is 19.0. The molecule has 10 heteroatoms. The van der Waals surface area contributed by atoms with Crippen LogP contribution in [0.4, 0.5) is 27.7 Å². The molecule has 1 aromatic carbocycles. The first-order valence-electron chi connectivity index (χ1n) is 12.7. The summed E-state index contributed by atoms with van der Waals surface area (Å²) in [5.41, 5.74) is 2.89. The summed E-state index contributed by atoms with van der Waals surface area (Å²) in [4.78, 5) is 26.1. The number of carbonyl (C=O) groups excluding carboxylic acids is 1. The lowest BCUT2D eigenvalue weighted by Gasteiger charge is -2.33. The molecule has 9 nitrogen and oxygen atoms in total. The lowest BCUT2D eigenvalue weighted by Crippen LogP contribution is -2.38. The number of benzene rings is 1. The minimum atomic E-state index is -1.02. The number of halogens is 1. The van der Waals surface area contributed by atoms with Gasteiger partial charge in [0.25, 0.3) is 5.91 Å². The topological polar surface area (TPSA) is 124 Å². The molecule has 0 bridgehead atoms. The van der Waals surface area contributed by atoms with E-state index in [4.69, 9.17) is 0 Å². The number of nitrogens with zero attached hydrogens (tertiary/aromatic N) is 3. The molecule has 5 N–H and O–H groups in total. The summed E-state index contributed by atoms with van der Waals surface area (Å²) in [6.45, 7) is 6.11. The Labute approximate surface area is 214 Å². The van der Waals surface area contributed by atoms with Crippen molar-refractivity contribution in [3.8, 4) is 0 Å². The molecule has 0 radical (unpaired) electrons. The Bertz CT molecular complexity index is 1390. The van der Waals surface area contributed by atoms with E-state index in [2.05, 4.69) is 62.2 Å². The van der Waals surface area contributed by atoms with Gasteiger partial charge in [0, 0.05) is 36.4 Å². The molecule has 0 atom stereocenters. The Morgan fingerprint density at radius 1 is 1.11 bits per heavy atom. The molecule has 6 rings (SSSR count). The molecule has 0 spiro atoms. The number of amides is 1. The van der Waals surface area contributed by atoms with Crippen LogP contribution in [0, 0.1) is 5.82 Å². The van der Waals surface area contributed by atoms with Gasteiger partial charge in [-0.15, -0.1) is 0 Å². The Balaban J connectivity index is 1.31. The van der Waals surface area contributed by atoms with Gasteiger partial charge in [0.15, 0.2) is 11.6 Å². The molecule has 0 saturated heterocycles. The third kappa shape index (κ3) is 4.86. The van der Waals surface area contributed by atoms with E-state index >= 15 is 0 Å². The molecular formula is C27H30FN7O2. The minimum absolute atomic E-state index is 0.0372. The zero-order valence-electron chi connectivity index (χ0n) is 20.9. The molecule has 2 aromatic heterocycles. The van der Waals surface area contributed by atoms with Crippen molar-refractivity contribution in [1.29, 1.82) is 0 Å². The molecule has 37 heavy (non-hydrogen) atoms. The Hall–Kier alpha value is -3.63. The maximum absolute atomic E-state index is 14.7. The summed E-state index contributed by atoms with van der Waals surface area (Å²) in [6.07, 6.45) is 4.44. The molecule has 3 heterocycles. The second kappa shape index (κ2) is 8.74. The van der Waals surface area contributed by atoms with Gasteiger partial charge in [-0.1, -0.05) is 19.9 Å². The second-order valence-electron chi connectivity index (χ2n) is 10.9. The predicted octanol–water partition coefficient (Wildman–Crippen LogP) is 3.75. The molecule has 2 fully saturated rings. The summed E-state index contributed by atoms with van der Waals surface area (Å²) >= 11 is 0. The molecule has 3 aliphatic rings. The molecule has 2 aliphatic carbocycles. The van der Waals surface area contributed by atoms with E-state index in [9.17, 15) is 14.3 Å². The zero-order valence-corrected chi connectivity index (χ0v) is 20.9. The molecule has 0 unspecified atom stereocenters. The highest BCUT2D eigenvalue weighted by atomic mass is 19.1. The quantitative estimate of drug-likeness (QED) is 0.330. The number of carbonyl (C=O) groups is 1. The highest BCUT2D eigenvalue weighted by molar-refractivity contribution is 5.99. The smallest absolute Gasteiger partial charge is 0.256 e. The summed E-state index contributed by atoms with van der Waals surface area (Å²) < 4.78 is 14.7. The van der Waals surface area contributed by atoms with Crippen molar-refractivity contribution in [2.24, 2.45) is 0 Å². The van der Waals surface area contributed by atoms with E-state index in [0.717, 1.165) is 31.6 Å². The third-order valence-corrected chi connectivity index (χ3v) is 7.20. The molecule has 3 aromatic rings. The number of nitrogens with one attached hydrogen (secondary N) is 4. The highest BCUT2D eigenvalue weighted by Gasteiger charge is 2.44. The number of hydrogen-bond donors (Lipinski definition) is 5. The standard InChI is InChI=1S/C27H30FN7O2/c1-26(2)14-29-12-15-11-17(5-6-19(15)26)32-25-30-13-18(24(36)31-16-3-4-16)22(35-25)34-23-20(28)7-8-21(33-23)27(37)9-10-27/h5-8,11,13,16,29,37H,3-4,9-10,12,14H2,1-2H3,(H,31,36)(H2,30,32,33,34,35). The van der Waals surface area contributed by atoms with E-state index in [1.165, 1.54) is 29.5 Å². The Morgan fingerprint density at radius 2 is 1.92 bits per heavy atom. The number of rotatable bonds is 7. The average molecular weight is 504 g/mol. The number of hydrogen-bond acceptors (Lipinski definition) is 8. The monoisotopic (exact) mass is 503 g/mol. The fraction of sp³-hybridized carbons (Fsp3) is 0.407. The van der Waals surface area contributed by atoms with Crippen LogP contribution in [0.5, 0.6) is 0 Å². The van der Waals surface area contributed by atoms with Gasteiger partial charge in [0.05, 0.1) is 5.69 Å². The van der Waals surface area contributed by atoms with E-state index in [-0.39, 0.29) is 40.5 Å². The molecule has 1 amide bonds. The third-order valence-electron chi connectivity index (χ3n) is 7.20. The first-order valence-corrected chi connectivity index (χ1v) is 12.7. The van der Waals surface area contributed by atoms with Crippen LogP contribution >= 0.6 is 0 Å². The summed E-state index contributed by atoms with van der Waals surface area (Å²) in [7, 11) is 0. The van der Waals surface area contributed by atoms with E-state index in [1.807, 2.05) is 6.07 Å². The van der Waals surface area contributed by atoms with Crippen LogP contribution < -0.4 is 21.3 Å². The average Bonchev–Trinajstić information content (AvgIpc) is 3.79. The van der Waals surface area contributed by atoms with E-state index in [1.54, 1.807) is 0 Å². The van der Waals surface area contributed by atoms with Crippen molar-refractivity contribution in [2.45, 2.75) is 63.1 Å². The molecular weight excluding hydrogens is 473 g/mol. The van der Waals surface area contributed by atoms with Gasteiger partial charge in [-0.2, -0.15) is 4.98 Å². The maximum atomic E-state index is 14.7. The van der Waals surface area contributed by atoms with E-state index < -0.39 is 11.4 Å². The number of aliphatic hydroxyl groups is 1. The van der Waals surface area contributed by atoms with Crippen LogP contribution in [-0.2, 0) is 17.6 Å². The Morgan fingerprint density at radius 3 is 2.68 bits per heavy atom. The number of anilines is 4. The van der Waals surface area contributed by atoms with E-state index in [0.29, 0.717) is 18.5 Å². The lowest BCUT2D eigenvalue weighted by molar-refractivity contribution is 0.0951. The van der Waals surface area contributed by atoms with Crippen LogP contribution in [0.25, 0.3) is 0 Å². The van der Waals surface area contributed by atoms with Gasteiger partial charge in [0.2, 0.25) is 5.95 Å². The van der Waals surface area contributed by atoms with Crippen LogP contribution in [0.1, 0.15) is 66.7 Å². The first kappa shape index (κ1) is 23.7. The van der Waals surface area contributed by atoms with Crippen LogP contribution in [-0.4, -0.2) is 38.6 Å². The van der Waals surface area contributed by atoms with Crippen LogP contribution in [0.2, 0.25) is 0 Å². The predicted molar refractivity (Wildman–Crippen MR) is 138 cm³/mol. The van der Waals surface area contributed by atoms with Crippen LogP contribution in [0.3, 0.4) is 0 Å². The van der Waals surface area contributed by atoms with Crippen molar-refractivity contribution in [3.63, 3.8) is 0 Å². The first-order chi connectivity index (χ1) is 17.7. The SMILES string of the molecule is CC1(C)CNCc2cc(Nc3ncc(C(=O)NC4CC4)c(Nc4nc(C5(O)CC5)ccc4F)n3)ccc21. The van der Waals surface area contributed by atoms with Crippen molar-refractivity contribution in [2.75, 3.05) is 17.2 Å². The fourth-order valence-corrected chi connectivity index (χ4v) is 4.68. The van der Waals surface area contributed by atoms with Gasteiger partial charge in [-0.05, 0) is 61.1 Å². The van der Waals surface area contributed by atoms with Gasteiger partial charge >= 0.3 is 0 Å². The summed E-state index contributed by atoms with van der Waals surface area (Å²) in [5.74, 6) is -0.672. The number of pyridine rings is 1. The fourth-order valence-electron chi connectivity index (χ4n) is 4.68. The van der Waals surface area contributed by atoms with Crippen molar-refractivity contribution in [1.82, 2.24) is 25.6 Å². The van der Waals surface area contributed by atoms with Gasteiger partial charge in [-0.25, -0.2) is 14.4 Å². The molecule has 1 aliphatic heterocycles. The van der Waals surface area contributed by atoms with Crippen LogP contribution in [0.15, 0.2) is 36.5 Å². The largest absolute Gasteiger partial charge is 0.384 e. The number of fused-ring (bicyclic) bond motifs is 1. The van der Waals surface area contributed by atoms with Gasteiger partial charge in [-0.3, -0.25) is 4.79 Å². The minimum Gasteiger partial charge on any atom is -0.384 e. The molecule has 192 valence electrons. The highest BCUT2D eigenvalue weighted by Crippen LogP contribution is 2.44. The Kier molecular flexibility index (Phi) is 5.61. The molecule has 2 saturated carbocycles. The van der Waals surface area contributed by atoms with Crippen molar-refractivity contribution >= 4 is 29.2 Å².